The van der Waals surface area contributed by atoms with E-state index in [9.17, 15) is 0 Å². The lowest BCUT2D eigenvalue weighted by Crippen LogP contribution is -1.88. The van der Waals surface area contributed by atoms with Crippen molar-refractivity contribution in [2.24, 2.45) is 0 Å². The topological polar surface area (TPSA) is 22.1 Å². The van der Waals surface area contributed by atoms with E-state index in [2.05, 4.69) is 10.4 Å². The van der Waals surface area contributed by atoms with Crippen molar-refractivity contribution in [3.8, 4) is 16.3 Å². The second kappa shape index (κ2) is 3.58. The molecular formula is C10H8NOS. The fourth-order valence-corrected chi connectivity index (χ4v) is 1.79. The van der Waals surface area contributed by atoms with Crippen molar-refractivity contribution in [1.82, 2.24) is 4.98 Å². The Labute approximate surface area is 80.8 Å². The molecular weight excluding hydrogens is 182 g/mol. The van der Waals surface area contributed by atoms with Crippen LogP contribution >= 0.6 is 11.3 Å². The van der Waals surface area contributed by atoms with Crippen molar-refractivity contribution in [2.75, 3.05) is 7.11 Å². The number of pyridine rings is 1. The van der Waals surface area contributed by atoms with E-state index in [1.54, 1.807) is 24.6 Å². The van der Waals surface area contributed by atoms with Gasteiger partial charge in [0.25, 0.3) is 0 Å². The molecule has 0 fully saturated rings. The molecule has 2 heterocycles. The summed E-state index contributed by atoms with van der Waals surface area (Å²) >= 11 is 1.56. The van der Waals surface area contributed by atoms with Crippen LogP contribution in [0.1, 0.15) is 0 Å². The van der Waals surface area contributed by atoms with E-state index in [4.69, 9.17) is 4.74 Å². The van der Waals surface area contributed by atoms with Gasteiger partial charge in [-0.2, -0.15) is 0 Å². The Kier molecular flexibility index (Phi) is 2.27. The van der Waals surface area contributed by atoms with Gasteiger partial charge in [0.2, 0.25) is 5.88 Å². The Balaban J connectivity index is 2.51. The first-order chi connectivity index (χ1) is 6.42. The Bertz CT molecular complexity index is 384. The number of hydrogen-bond donors (Lipinski definition) is 0. The molecule has 0 saturated carbocycles. The van der Waals surface area contributed by atoms with Crippen LogP contribution in [-0.4, -0.2) is 12.1 Å². The Morgan fingerprint density at radius 1 is 1.46 bits per heavy atom. The maximum absolute atomic E-state index is 5.15. The smallest absolute Gasteiger partial charge is 0.221 e. The predicted molar refractivity (Wildman–Crippen MR) is 52.9 cm³/mol. The number of ether oxygens (including phenoxy) is 1. The third-order valence-electron chi connectivity index (χ3n) is 1.70. The first-order valence-corrected chi connectivity index (χ1v) is 4.68. The molecule has 0 saturated heterocycles. The van der Waals surface area contributed by atoms with Crippen LogP contribution in [0.25, 0.3) is 10.4 Å². The average Bonchev–Trinajstić information content (AvgIpc) is 2.70. The highest BCUT2D eigenvalue weighted by Gasteiger charge is 2.05. The lowest BCUT2D eigenvalue weighted by molar-refractivity contribution is 0.400. The summed E-state index contributed by atoms with van der Waals surface area (Å²) in [6.45, 7) is 0. The van der Waals surface area contributed by atoms with Gasteiger partial charge >= 0.3 is 0 Å². The summed E-state index contributed by atoms with van der Waals surface area (Å²) in [4.78, 5) is 5.25. The Morgan fingerprint density at radius 3 is 3.08 bits per heavy atom. The molecule has 0 N–H and O–H groups in total. The molecule has 1 radical (unpaired) electrons. The van der Waals surface area contributed by atoms with Crippen LogP contribution in [0.2, 0.25) is 0 Å². The van der Waals surface area contributed by atoms with E-state index in [-0.39, 0.29) is 0 Å². The van der Waals surface area contributed by atoms with Crippen molar-refractivity contribution in [3.05, 3.63) is 35.8 Å². The van der Waals surface area contributed by atoms with Gasteiger partial charge in [0.15, 0.2) is 0 Å². The van der Waals surface area contributed by atoms with Crippen molar-refractivity contribution in [1.29, 1.82) is 0 Å². The van der Waals surface area contributed by atoms with Gasteiger partial charge in [-0.1, -0.05) is 0 Å². The second-order valence-electron chi connectivity index (χ2n) is 2.48. The van der Waals surface area contributed by atoms with Gasteiger partial charge in [0.1, 0.15) is 0 Å². The quantitative estimate of drug-likeness (QED) is 0.726. The number of hydrogen-bond acceptors (Lipinski definition) is 3. The third kappa shape index (κ3) is 1.55. The van der Waals surface area contributed by atoms with Crippen LogP contribution in [0, 0.1) is 5.38 Å². The van der Waals surface area contributed by atoms with Gasteiger partial charge in [0.05, 0.1) is 12.7 Å². The Morgan fingerprint density at radius 2 is 2.38 bits per heavy atom. The van der Waals surface area contributed by atoms with Crippen molar-refractivity contribution in [2.45, 2.75) is 0 Å². The lowest BCUT2D eigenvalue weighted by atomic mass is 10.2. The number of nitrogens with zero attached hydrogens (tertiary/aromatic N) is 1. The van der Waals surface area contributed by atoms with Gasteiger partial charge in [-0.25, -0.2) is 4.98 Å². The normalized spacial score (nSPS) is 9.92. The molecule has 2 rings (SSSR count). The molecule has 3 heteroatoms. The molecule has 0 aliphatic carbocycles. The molecule has 13 heavy (non-hydrogen) atoms. The predicted octanol–water partition coefficient (Wildman–Crippen LogP) is 2.62. The molecule has 0 unspecified atom stereocenters. The SMILES string of the molecule is COc1ncccc1-c1cc[c]s1. The molecule has 2 aromatic heterocycles. The number of aromatic nitrogens is 1. The van der Waals surface area contributed by atoms with E-state index in [1.807, 2.05) is 24.3 Å². The van der Waals surface area contributed by atoms with Gasteiger partial charge < -0.3 is 4.74 Å². The van der Waals surface area contributed by atoms with Crippen LogP contribution in [0.5, 0.6) is 5.88 Å². The molecule has 0 bridgehead atoms. The molecule has 65 valence electrons. The highest BCUT2D eigenvalue weighted by atomic mass is 32.1. The molecule has 0 spiro atoms. The summed E-state index contributed by atoms with van der Waals surface area (Å²) < 4.78 is 5.15. The molecule has 0 atom stereocenters. The van der Waals surface area contributed by atoms with Gasteiger partial charge in [-0.05, 0) is 24.3 Å². The molecule has 0 amide bonds. The maximum atomic E-state index is 5.15. The lowest BCUT2D eigenvalue weighted by Gasteiger charge is -2.03. The largest absolute Gasteiger partial charge is 0.481 e. The van der Waals surface area contributed by atoms with E-state index < -0.39 is 0 Å². The zero-order chi connectivity index (χ0) is 9.10. The minimum Gasteiger partial charge on any atom is -0.481 e. The summed E-state index contributed by atoms with van der Waals surface area (Å²) in [5.41, 5.74) is 1.02. The van der Waals surface area contributed by atoms with Gasteiger partial charge in [0, 0.05) is 16.5 Å². The van der Waals surface area contributed by atoms with E-state index in [1.165, 1.54) is 0 Å². The first-order valence-electron chi connectivity index (χ1n) is 3.87. The van der Waals surface area contributed by atoms with Crippen molar-refractivity contribution < 1.29 is 4.74 Å². The third-order valence-corrected chi connectivity index (χ3v) is 2.53. The molecule has 2 nitrogen and oxygen atoms in total. The highest BCUT2D eigenvalue weighted by molar-refractivity contribution is 7.13. The molecule has 0 aliphatic heterocycles. The zero-order valence-corrected chi connectivity index (χ0v) is 7.97. The van der Waals surface area contributed by atoms with Gasteiger partial charge in [-0.15, -0.1) is 11.3 Å². The van der Waals surface area contributed by atoms with Crippen LogP contribution in [-0.2, 0) is 0 Å². The Hall–Kier alpha value is -1.35. The summed E-state index contributed by atoms with van der Waals surface area (Å²) in [5.74, 6) is 0.665. The van der Waals surface area contributed by atoms with Crippen molar-refractivity contribution >= 4 is 11.3 Å². The molecule has 0 aliphatic rings. The monoisotopic (exact) mass is 190 g/mol. The summed E-state index contributed by atoms with van der Waals surface area (Å²) in [7, 11) is 1.63. The average molecular weight is 190 g/mol. The van der Waals surface area contributed by atoms with Crippen LogP contribution < -0.4 is 4.74 Å². The van der Waals surface area contributed by atoms with E-state index in [0.717, 1.165) is 10.4 Å². The van der Waals surface area contributed by atoms with Crippen LogP contribution in [0.4, 0.5) is 0 Å². The van der Waals surface area contributed by atoms with Crippen LogP contribution in [0.15, 0.2) is 30.5 Å². The van der Waals surface area contributed by atoms with Crippen molar-refractivity contribution in [3.63, 3.8) is 0 Å². The van der Waals surface area contributed by atoms with Crippen LogP contribution in [0.3, 0.4) is 0 Å². The fraction of sp³-hybridized carbons (Fsp3) is 0.100. The highest BCUT2D eigenvalue weighted by Crippen LogP contribution is 2.30. The fourth-order valence-electron chi connectivity index (χ4n) is 1.13. The summed E-state index contributed by atoms with van der Waals surface area (Å²) in [6.07, 6.45) is 1.72. The standard InChI is InChI=1S/C10H8NOS/c1-12-10-8(4-2-6-11-10)9-5-3-7-13-9/h2-6H,1H3. The van der Waals surface area contributed by atoms with Gasteiger partial charge in [-0.3, -0.25) is 0 Å². The first kappa shape index (κ1) is 8.26. The number of rotatable bonds is 2. The number of thiophene rings is 1. The zero-order valence-electron chi connectivity index (χ0n) is 7.15. The maximum Gasteiger partial charge on any atom is 0.221 e. The molecule has 0 aromatic carbocycles. The van der Waals surface area contributed by atoms with E-state index in [0.29, 0.717) is 5.88 Å². The van der Waals surface area contributed by atoms with E-state index >= 15 is 0 Å². The summed E-state index contributed by atoms with van der Waals surface area (Å²) in [6, 6.07) is 7.79. The summed E-state index contributed by atoms with van der Waals surface area (Å²) in [5, 5.41) is 3.04. The number of methoxy groups -OCH3 is 1. The minimum atomic E-state index is 0.665. The minimum absolute atomic E-state index is 0.665. The molecule has 2 aromatic rings. The second-order valence-corrected chi connectivity index (χ2v) is 3.36.